The van der Waals surface area contributed by atoms with Gasteiger partial charge in [0.2, 0.25) is 0 Å². The molecule has 3 heteroatoms. The monoisotopic (exact) mass is 235 g/mol. The molecule has 0 spiro atoms. The van der Waals surface area contributed by atoms with Crippen molar-refractivity contribution in [2.45, 2.75) is 58.9 Å². The Hall–Kier alpha value is -0.990. The third-order valence-corrected chi connectivity index (χ3v) is 4.05. The lowest BCUT2D eigenvalue weighted by molar-refractivity contribution is 0.330. The van der Waals surface area contributed by atoms with Crippen molar-refractivity contribution in [2.75, 3.05) is 6.67 Å². The zero-order valence-corrected chi connectivity index (χ0v) is 11.3. The van der Waals surface area contributed by atoms with Crippen LogP contribution in [0.5, 0.6) is 0 Å². The maximum atomic E-state index is 4.56. The second-order valence-corrected chi connectivity index (χ2v) is 5.40. The molecule has 0 bridgehead atoms. The summed E-state index contributed by atoms with van der Waals surface area (Å²) in [6.07, 6.45) is 6.36. The first-order valence-electron chi connectivity index (χ1n) is 6.95. The Labute approximate surface area is 105 Å². The van der Waals surface area contributed by atoms with Gasteiger partial charge in [-0.2, -0.15) is 0 Å². The van der Waals surface area contributed by atoms with Crippen LogP contribution in [0.25, 0.3) is 0 Å². The van der Waals surface area contributed by atoms with Crippen molar-refractivity contribution in [3.63, 3.8) is 0 Å². The van der Waals surface area contributed by atoms with Gasteiger partial charge in [-0.05, 0) is 44.9 Å². The van der Waals surface area contributed by atoms with Crippen molar-refractivity contribution in [3.05, 3.63) is 11.3 Å². The van der Waals surface area contributed by atoms with Gasteiger partial charge in [0.1, 0.15) is 12.5 Å². The molecule has 1 aliphatic heterocycles. The van der Waals surface area contributed by atoms with Gasteiger partial charge in [0.25, 0.3) is 0 Å². The first-order valence-corrected chi connectivity index (χ1v) is 6.95. The van der Waals surface area contributed by atoms with Crippen LogP contribution < -0.4 is 10.6 Å². The number of aliphatic imine (C=N–C) groups is 1. The molecule has 3 nitrogen and oxygen atoms in total. The van der Waals surface area contributed by atoms with Crippen LogP contribution in [0.2, 0.25) is 0 Å². The molecule has 1 heterocycles. The Morgan fingerprint density at radius 3 is 2.65 bits per heavy atom. The van der Waals surface area contributed by atoms with E-state index < -0.39 is 0 Å². The van der Waals surface area contributed by atoms with E-state index in [0.29, 0.717) is 6.04 Å². The van der Waals surface area contributed by atoms with Gasteiger partial charge in [-0.25, -0.2) is 4.99 Å². The highest BCUT2D eigenvalue weighted by molar-refractivity contribution is 5.99. The number of rotatable bonds is 2. The summed E-state index contributed by atoms with van der Waals surface area (Å²) in [6, 6.07) is 0.635. The second-order valence-electron chi connectivity index (χ2n) is 5.40. The predicted molar refractivity (Wildman–Crippen MR) is 73.0 cm³/mol. The molecule has 0 aromatic carbocycles. The summed E-state index contributed by atoms with van der Waals surface area (Å²) in [6.45, 7) is 7.45. The van der Waals surface area contributed by atoms with Gasteiger partial charge in [0.05, 0.1) is 0 Å². The summed E-state index contributed by atoms with van der Waals surface area (Å²) < 4.78 is 0. The molecule has 1 saturated carbocycles. The molecule has 0 radical (unpaired) electrons. The van der Waals surface area contributed by atoms with Crippen LogP contribution >= 0.6 is 0 Å². The van der Waals surface area contributed by atoms with Gasteiger partial charge < -0.3 is 10.6 Å². The molecular weight excluding hydrogens is 210 g/mol. The van der Waals surface area contributed by atoms with Gasteiger partial charge in [-0.15, -0.1) is 0 Å². The van der Waals surface area contributed by atoms with Crippen molar-refractivity contribution < 1.29 is 0 Å². The first-order chi connectivity index (χ1) is 8.20. The number of amidine groups is 1. The molecule has 0 amide bonds. The van der Waals surface area contributed by atoms with E-state index in [0.717, 1.165) is 24.8 Å². The highest BCUT2D eigenvalue weighted by Gasteiger charge is 2.21. The Morgan fingerprint density at radius 1 is 1.29 bits per heavy atom. The van der Waals surface area contributed by atoms with Crippen LogP contribution in [0.1, 0.15) is 52.9 Å². The Bertz CT molecular complexity index is 322. The topological polar surface area (TPSA) is 36.4 Å². The second kappa shape index (κ2) is 5.56. The lowest BCUT2D eigenvalue weighted by Gasteiger charge is -2.30. The van der Waals surface area contributed by atoms with Crippen molar-refractivity contribution >= 4 is 5.84 Å². The van der Waals surface area contributed by atoms with Crippen LogP contribution in [-0.2, 0) is 0 Å². The summed E-state index contributed by atoms with van der Waals surface area (Å²) in [7, 11) is 0. The largest absolute Gasteiger partial charge is 0.369 e. The van der Waals surface area contributed by atoms with E-state index in [9.17, 15) is 0 Å². The number of nitrogens with one attached hydrogen (secondary N) is 2. The molecule has 0 atom stereocenters. The third kappa shape index (κ3) is 3.02. The number of hydrogen-bond acceptors (Lipinski definition) is 3. The summed E-state index contributed by atoms with van der Waals surface area (Å²) in [5.74, 6) is 2.03. The maximum absolute atomic E-state index is 4.56. The maximum Gasteiger partial charge on any atom is 0.127 e. The molecule has 0 unspecified atom stereocenters. The summed E-state index contributed by atoms with van der Waals surface area (Å²) in [4.78, 5) is 4.56. The van der Waals surface area contributed by atoms with E-state index in [1.165, 1.54) is 37.0 Å². The lowest BCUT2D eigenvalue weighted by Crippen LogP contribution is -2.41. The predicted octanol–water partition coefficient (Wildman–Crippen LogP) is 2.80. The molecule has 0 aromatic rings. The van der Waals surface area contributed by atoms with E-state index in [1.807, 2.05) is 0 Å². The van der Waals surface area contributed by atoms with Crippen molar-refractivity contribution in [1.29, 1.82) is 0 Å². The minimum absolute atomic E-state index is 0.635. The van der Waals surface area contributed by atoms with Crippen molar-refractivity contribution in [1.82, 2.24) is 10.6 Å². The van der Waals surface area contributed by atoms with Gasteiger partial charge in [0, 0.05) is 17.3 Å². The summed E-state index contributed by atoms with van der Waals surface area (Å²) >= 11 is 0. The normalized spacial score (nSPS) is 29.7. The number of allylic oxidation sites excluding steroid dienone is 1. The highest BCUT2D eigenvalue weighted by Crippen LogP contribution is 2.24. The van der Waals surface area contributed by atoms with E-state index in [4.69, 9.17) is 0 Å². The Balaban J connectivity index is 1.95. The number of hydrogen-bond donors (Lipinski definition) is 2. The van der Waals surface area contributed by atoms with Gasteiger partial charge in [-0.3, -0.25) is 0 Å². The van der Waals surface area contributed by atoms with Crippen LogP contribution in [0.4, 0.5) is 0 Å². The molecule has 17 heavy (non-hydrogen) atoms. The van der Waals surface area contributed by atoms with Crippen LogP contribution in [0.3, 0.4) is 0 Å². The average Bonchev–Trinajstić information content (AvgIpc) is 2.35. The quantitative estimate of drug-likeness (QED) is 0.772. The zero-order chi connectivity index (χ0) is 12.3. The number of nitrogens with zero attached hydrogens (tertiary/aromatic N) is 1. The van der Waals surface area contributed by atoms with Gasteiger partial charge in [-0.1, -0.05) is 13.8 Å². The average molecular weight is 235 g/mol. The van der Waals surface area contributed by atoms with Crippen LogP contribution in [0, 0.1) is 5.92 Å². The van der Waals surface area contributed by atoms with E-state index in [-0.39, 0.29) is 0 Å². The molecular formula is C14H25N3. The lowest BCUT2D eigenvalue weighted by atomic mass is 9.87. The van der Waals surface area contributed by atoms with Gasteiger partial charge >= 0.3 is 0 Å². The molecule has 96 valence electrons. The smallest absolute Gasteiger partial charge is 0.127 e. The molecule has 0 aromatic heterocycles. The SMILES string of the molecule is CCC1=C(C)C(NC2CCC(C)CC2)=NCN1. The van der Waals surface area contributed by atoms with E-state index in [1.54, 1.807) is 0 Å². The molecule has 0 saturated heterocycles. The Morgan fingerprint density at radius 2 is 2.00 bits per heavy atom. The Kier molecular flexibility index (Phi) is 4.08. The minimum atomic E-state index is 0.635. The standard InChI is InChI=1S/C14H25N3/c1-4-13-11(3)14(16-9-15-13)17-12-7-5-10(2)6-8-12/h10,12,15H,4-9H2,1-3H3,(H,16,17). The van der Waals surface area contributed by atoms with E-state index >= 15 is 0 Å². The third-order valence-electron chi connectivity index (χ3n) is 4.05. The molecule has 2 aliphatic rings. The fourth-order valence-electron chi connectivity index (χ4n) is 2.75. The van der Waals surface area contributed by atoms with Gasteiger partial charge in [0.15, 0.2) is 0 Å². The summed E-state index contributed by atoms with van der Waals surface area (Å²) in [5.41, 5.74) is 2.64. The fourth-order valence-corrected chi connectivity index (χ4v) is 2.75. The zero-order valence-electron chi connectivity index (χ0n) is 11.3. The van der Waals surface area contributed by atoms with E-state index in [2.05, 4.69) is 36.4 Å². The molecule has 2 rings (SSSR count). The minimum Gasteiger partial charge on any atom is -0.369 e. The summed E-state index contributed by atoms with van der Waals surface area (Å²) in [5, 5.41) is 6.99. The van der Waals surface area contributed by atoms with Crippen LogP contribution in [0.15, 0.2) is 16.3 Å². The first kappa shape index (κ1) is 12.5. The fraction of sp³-hybridized carbons (Fsp3) is 0.786. The molecule has 1 aliphatic carbocycles. The molecule has 1 fully saturated rings. The van der Waals surface area contributed by atoms with Crippen molar-refractivity contribution in [3.8, 4) is 0 Å². The highest BCUT2D eigenvalue weighted by atomic mass is 15.1. The van der Waals surface area contributed by atoms with Crippen LogP contribution in [-0.4, -0.2) is 18.5 Å². The van der Waals surface area contributed by atoms with Crippen molar-refractivity contribution in [2.24, 2.45) is 10.9 Å². The molecule has 2 N–H and O–H groups in total.